The van der Waals surface area contributed by atoms with Crippen LogP contribution in [0.2, 0.25) is 0 Å². The predicted molar refractivity (Wildman–Crippen MR) is 75.9 cm³/mol. The fourth-order valence-corrected chi connectivity index (χ4v) is 5.13. The highest BCUT2D eigenvalue weighted by Crippen LogP contribution is 2.61. The number of allylic oxidation sites excluding steroid dienone is 1. The molecule has 0 aromatic carbocycles. The Morgan fingerprint density at radius 3 is 2.74 bits per heavy atom. The molecule has 3 nitrogen and oxygen atoms in total. The van der Waals surface area contributed by atoms with Gasteiger partial charge in [0.1, 0.15) is 0 Å². The molecule has 0 amide bonds. The van der Waals surface area contributed by atoms with Crippen LogP contribution in [-0.4, -0.2) is 47.0 Å². The van der Waals surface area contributed by atoms with Crippen molar-refractivity contribution in [3.63, 3.8) is 0 Å². The molecule has 2 aliphatic carbocycles. The molecular weight excluding hydrogens is 238 g/mol. The van der Waals surface area contributed by atoms with Gasteiger partial charge in [-0.3, -0.25) is 0 Å². The van der Waals surface area contributed by atoms with Gasteiger partial charge >= 0.3 is 0 Å². The molecule has 0 unspecified atom stereocenters. The van der Waals surface area contributed by atoms with Crippen LogP contribution >= 0.6 is 0 Å². The highest BCUT2D eigenvalue weighted by molar-refractivity contribution is 5.20. The molecule has 3 rings (SSSR count). The molecule has 0 spiro atoms. The Hall–Kier alpha value is -0.380. The Morgan fingerprint density at radius 2 is 2.00 bits per heavy atom. The van der Waals surface area contributed by atoms with Crippen LogP contribution in [0.4, 0.5) is 0 Å². The fourth-order valence-electron chi connectivity index (χ4n) is 5.13. The summed E-state index contributed by atoms with van der Waals surface area (Å²) in [6, 6.07) is 0. The second kappa shape index (κ2) is 4.57. The van der Waals surface area contributed by atoms with Gasteiger partial charge in [-0.2, -0.15) is 0 Å². The summed E-state index contributed by atoms with van der Waals surface area (Å²) in [4.78, 5) is 2.45. The molecule has 19 heavy (non-hydrogen) atoms. The van der Waals surface area contributed by atoms with E-state index in [0.29, 0.717) is 0 Å². The van der Waals surface area contributed by atoms with E-state index in [9.17, 15) is 10.2 Å². The van der Waals surface area contributed by atoms with Crippen LogP contribution in [0.25, 0.3) is 0 Å². The van der Waals surface area contributed by atoms with Crippen LogP contribution in [-0.2, 0) is 0 Å². The first kappa shape index (κ1) is 13.6. The Bertz CT molecular complexity index is 383. The third-order valence-electron chi connectivity index (χ3n) is 6.24. The maximum atomic E-state index is 11.6. The summed E-state index contributed by atoms with van der Waals surface area (Å²) in [5, 5.41) is 21.7. The van der Waals surface area contributed by atoms with E-state index in [1.165, 1.54) is 0 Å². The summed E-state index contributed by atoms with van der Waals surface area (Å²) in [5.74, 6) is 0. The van der Waals surface area contributed by atoms with Gasteiger partial charge in [0.15, 0.2) is 0 Å². The van der Waals surface area contributed by atoms with Crippen LogP contribution in [0.3, 0.4) is 0 Å². The molecule has 2 bridgehead atoms. The first-order valence-electron chi connectivity index (χ1n) is 7.82. The summed E-state index contributed by atoms with van der Waals surface area (Å²) < 4.78 is 0. The average molecular weight is 265 g/mol. The number of aliphatic hydroxyl groups excluding tert-OH is 1. The summed E-state index contributed by atoms with van der Waals surface area (Å²) in [6.07, 6.45) is 10.5. The van der Waals surface area contributed by atoms with Crippen LogP contribution < -0.4 is 0 Å². The number of nitrogens with zero attached hydrogens (tertiary/aromatic N) is 1. The third kappa shape index (κ3) is 1.68. The van der Waals surface area contributed by atoms with Crippen LogP contribution in [0.5, 0.6) is 0 Å². The minimum Gasteiger partial charge on any atom is -0.396 e. The second-order valence-corrected chi connectivity index (χ2v) is 6.95. The van der Waals surface area contributed by atoms with Gasteiger partial charge in [0.25, 0.3) is 0 Å². The lowest BCUT2D eigenvalue weighted by Crippen LogP contribution is -2.73. The lowest BCUT2D eigenvalue weighted by atomic mass is 9.47. The molecule has 3 atom stereocenters. The van der Waals surface area contributed by atoms with Gasteiger partial charge < -0.3 is 15.1 Å². The molecule has 0 aromatic rings. The Kier molecular flexibility index (Phi) is 3.27. The van der Waals surface area contributed by atoms with Crippen molar-refractivity contribution in [2.75, 3.05) is 26.2 Å². The normalized spacial score (nSPS) is 46.7. The SMILES string of the molecule is CCN1C[C@]23CCC=CC[C@@]2(O)[C@@](CO)(CCC3)C1. The summed E-state index contributed by atoms with van der Waals surface area (Å²) in [5.41, 5.74) is -1.02. The van der Waals surface area contributed by atoms with Gasteiger partial charge in [-0.05, 0) is 38.6 Å². The molecule has 1 saturated carbocycles. The maximum absolute atomic E-state index is 11.6. The Morgan fingerprint density at radius 1 is 1.16 bits per heavy atom. The van der Waals surface area contributed by atoms with E-state index < -0.39 is 5.60 Å². The van der Waals surface area contributed by atoms with E-state index in [1.54, 1.807) is 0 Å². The average Bonchev–Trinajstić information content (AvgIpc) is 2.57. The van der Waals surface area contributed by atoms with Crippen LogP contribution in [0.1, 0.15) is 45.4 Å². The topological polar surface area (TPSA) is 43.7 Å². The predicted octanol–water partition coefficient (Wildman–Crippen LogP) is 1.94. The molecule has 1 aliphatic heterocycles. The van der Waals surface area contributed by atoms with Gasteiger partial charge in [-0.1, -0.05) is 25.5 Å². The zero-order valence-corrected chi connectivity index (χ0v) is 12.1. The van der Waals surface area contributed by atoms with Crippen molar-refractivity contribution in [2.24, 2.45) is 10.8 Å². The molecule has 108 valence electrons. The van der Waals surface area contributed by atoms with E-state index >= 15 is 0 Å². The van der Waals surface area contributed by atoms with Gasteiger partial charge in [-0.25, -0.2) is 0 Å². The van der Waals surface area contributed by atoms with Crippen LogP contribution in [0.15, 0.2) is 12.2 Å². The smallest absolute Gasteiger partial charge is 0.0840 e. The number of hydrogen-bond acceptors (Lipinski definition) is 3. The highest BCUT2D eigenvalue weighted by atomic mass is 16.3. The van der Waals surface area contributed by atoms with E-state index in [4.69, 9.17) is 0 Å². The number of likely N-dealkylation sites (tertiary alicyclic amines) is 1. The molecule has 2 fully saturated rings. The second-order valence-electron chi connectivity index (χ2n) is 6.95. The molecule has 1 saturated heterocycles. The van der Waals surface area contributed by atoms with Crippen LogP contribution in [0, 0.1) is 10.8 Å². The van der Waals surface area contributed by atoms with Gasteiger partial charge in [0.05, 0.1) is 12.2 Å². The van der Waals surface area contributed by atoms with Crippen molar-refractivity contribution in [3.05, 3.63) is 12.2 Å². The number of piperidine rings is 1. The van der Waals surface area contributed by atoms with E-state index in [1.807, 2.05) is 0 Å². The quantitative estimate of drug-likeness (QED) is 0.750. The molecule has 0 aromatic heterocycles. The molecule has 3 heteroatoms. The monoisotopic (exact) mass is 265 g/mol. The van der Waals surface area contributed by atoms with E-state index in [0.717, 1.165) is 58.2 Å². The zero-order chi connectivity index (χ0) is 13.6. The first-order chi connectivity index (χ1) is 9.11. The molecule has 3 aliphatic rings. The summed E-state index contributed by atoms with van der Waals surface area (Å²) in [6.45, 7) is 5.19. The number of aliphatic hydroxyl groups is 2. The fraction of sp³-hybridized carbons (Fsp3) is 0.875. The van der Waals surface area contributed by atoms with Crippen molar-refractivity contribution in [1.82, 2.24) is 4.90 Å². The molecule has 2 N–H and O–H groups in total. The van der Waals surface area contributed by atoms with Crippen molar-refractivity contribution in [2.45, 2.75) is 51.0 Å². The minimum absolute atomic E-state index is 0.00819. The molecule has 1 heterocycles. The third-order valence-corrected chi connectivity index (χ3v) is 6.24. The highest BCUT2D eigenvalue weighted by Gasteiger charge is 2.66. The lowest BCUT2D eigenvalue weighted by molar-refractivity contribution is -0.254. The largest absolute Gasteiger partial charge is 0.396 e. The maximum Gasteiger partial charge on any atom is 0.0840 e. The van der Waals surface area contributed by atoms with Gasteiger partial charge in [0.2, 0.25) is 0 Å². The van der Waals surface area contributed by atoms with Gasteiger partial charge in [-0.15, -0.1) is 0 Å². The number of hydrogen-bond donors (Lipinski definition) is 2. The number of rotatable bonds is 2. The standard InChI is InChI=1S/C16H27NO2/c1-2-17-11-14-7-4-3-5-10-16(14,19)15(12-17,13-18)9-6-8-14/h3,5,18-19H,2,4,6-13H2,1H3/t14-,15+,16+/m1/s1. The minimum atomic E-state index is -0.703. The van der Waals surface area contributed by atoms with E-state index in [-0.39, 0.29) is 17.4 Å². The first-order valence-corrected chi connectivity index (χ1v) is 7.82. The van der Waals surface area contributed by atoms with Gasteiger partial charge in [0, 0.05) is 23.9 Å². The summed E-state index contributed by atoms with van der Waals surface area (Å²) in [7, 11) is 0. The van der Waals surface area contributed by atoms with Crippen molar-refractivity contribution < 1.29 is 10.2 Å². The van der Waals surface area contributed by atoms with Crippen molar-refractivity contribution in [1.29, 1.82) is 0 Å². The zero-order valence-electron chi connectivity index (χ0n) is 12.1. The molecule has 0 radical (unpaired) electrons. The van der Waals surface area contributed by atoms with Crippen molar-refractivity contribution >= 4 is 0 Å². The Labute approximate surface area is 116 Å². The van der Waals surface area contributed by atoms with E-state index in [2.05, 4.69) is 24.0 Å². The summed E-state index contributed by atoms with van der Waals surface area (Å²) >= 11 is 0. The van der Waals surface area contributed by atoms with Crippen molar-refractivity contribution in [3.8, 4) is 0 Å². The Balaban J connectivity index is 2.08. The molecular formula is C16H27NO2. The lowest BCUT2D eigenvalue weighted by Gasteiger charge is -2.65.